The summed E-state index contributed by atoms with van der Waals surface area (Å²) >= 11 is 0. The topological polar surface area (TPSA) is 17.8 Å². The Morgan fingerprint density at radius 1 is 1.13 bits per heavy atom. The molecule has 0 spiro atoms. The molecule has 2 heteroatoms. The first-order valence-corrected chi connectivity index (χ1v) is 8.15. The van der Waals surface area contributed by atoms with Crippen LogP contribution in [0.25, 0.3) is 5.57 Å². The van der Waals surface area contributed by atoms with Crippen LogP contribution in [0.4, 0.5) is 0 Å². The molecule has 0 unspecified atom stereocenters. The predicted octanol–water partition coefficient (Wildman–Crippen LogP) is 5.34. The molecule has 0 atom stereocenters. The molecule has 0 radical (unpaired) electrons. The van der Waals surface area contributed by atoms with Crippen molar-refractivity contribution in [1.82, 2.24) is 9.78 Å². The highest BCUT2D eigenvalue weighted by atomic mass is 15.3. The molecule has 2 nitrogen and oxygen atoms in total. The maximum atomic E-state index is 4.88. The molecule has 0 bridgehead atoms. The molecular formula is C21H28N2. The van der Waals surface area contributed by atoms with E-state index < -0.39 is 0 Å². The third-order valence-electron chi connectivity index (χ3n) is 4.35. The van der Waals surface area contributed by atoms with E-state index in [9.17, 15) is 0 Å². The number of hydrogen-bond acceptors (Lipinski definition) is 1. The summed E-state index contributed by atoms with van der Waals surface area (Å²) in [5.74, 6) is 0. The second kappa shape index (κ2) is 6.22. The average Bonchev–Trinajstić information content (AvgIpc) is 2.86. The lowest BCUT2D eigenvalue weighted by molar-refractivity contribution is 0.543. The second-order valence-corrected chi connectivity index (χ2v) is 7.50. The molecule has 2 aromatic rings. The van der Waals surface area contributed by atoms with E-state index >= 15 is 0 Å². The minimum atomic E-state index is 0.0266. The molecule has 122 valence electrons. The largest absolute Gasteiger partial charge is 0.260 e. The Kier molecular flexibility index (Phi) is 4.68. The molecule has 0 saturated carbocycles. The Hall–Kier alpha value is -2.05. The monoisotopic (exact) mass is 308 g/mol. The highest BCUT2D eigenvalue weighted by Gasteiger charge is 2.21. The van der Waals surface area contributed by atoms with Gasteiger partial charge < -0.3 is 0 Å². The van der Waals surface area contributed by atoms with Gasteiger partial charge in [0, 0.05) is 11.0 Å². The van der Waals surface area contributed by atoms with E-state index in [0.29, 0.717) is 0 Å². The standard InChI is InChI=1S/C21H28N2/c1-9-15(3)19-12-20(21(6,7)8)22-23(19)13-18-16(4)10-14(2)11-17(18)5/h10-12H,1,13H2,2-8H3. The van der Waals surface area contributed by atoms with Crippen LogP contribution in [0.3, 0.4) is 0 Å². The minimum Gasteiger partial charge on any atom is -0.260 e. The van der Waals surface area contributed by atoms with Gasteiger partial charge in [-0.3, -0.25) is 4.68 Å². The lowest BCUT2D eigenvalue weighted by Crippen LogP contribution is -2.14. The Bertz CT molecular complexity index is 756. The van der Waals surface area contributed by atoms with Crippen molar-refractivity contribution in [3.8, 4) is 0 Å². The van der Waals surface area contributed by atoms with E-state index in [2.05, 4.69) is 76.7 Å². The summed E-state index contributed by atoms with van der Waals surface area (Å²) in [5, 5.41) is 4.88. The minimum absolute atomic E-state index is 0.0266. The molecular weight excluding hydrogens is 280 g/mol. The zero-order valence-electron chi connectivity index (χ0n) is 15.5. The first-order valence-electron chi connectivity index (χ1n) is 8.15. The molecule has 1 aromatic carbocycles. The van der Waals surface area contributed by atoms with E-state index in [1.165, 1.54) is 22.3 Å². The Balaban J connectivity index is 2.56. The van der Waals surface area contributed by atoms with E-state index in [4.69, 9.17) is 5.10 Å². The van der Waals surface area contributed by atoms with E-state index in [1.54, 1.807) is 0 Å². The summed E-state index contributed by atoms with van der Waals surface area (Å²) in [4.78, 5) is 0. The van der Waals surface area contributed by atoms with Gasteiger partial charge in [-0.2, -0.15) is 5.10 Å². The van der Waals surface area contributed by atoms with Crippen LogP contribution in [-0.2, 0) is 12.0 Å². The van der Waals surface area contributed by atoms with Gasteiger partial charge in [0.15, 0.2) is 0 Å². The van der Waals surface area contributed by atoms with Gasteiger partial charge in [-0.05, 0) is 50.5 Å². The zero-order chi connectivity index (χ0) is 17.4. The first-order chi connectivity index (χ1) is 10.6. The van der Waals surface area contributed by atoms with Gasteiger partial charge in [-0.15, -0.1) is 5.73 Å². The maximum absolute atomic E-state index is 4.88. The Morgan fingerprint density at radius 3 is 2.17 bits per heavy atom. The second-order valence-electron chi connectivity index (χ2n) is 7.50. The fourth-order valence-corrected chi connectivity index (χ4v) is 2.91. The zero-order valence-corrected chi connectivity index (χ0v) is 15.5. The van der Waals surface area contributed by atoms with Gasteiger partial charge in [0.1, 0.15) is 0 Å². The fraction of sp³-hybridized carbons (Fsp3) is 0.429. The van der Waals surface area contributed by atoms with E-state index in [0.717, 1.165) is 23.5 Å². The van der Waals surface area contributed by atoms with Crippen LogP contribution in [0.15, 0.2) is 30.5 Å². The quantitative estimate of drug-likeness (QED) is 0.700. The fourth-order valence-electron chi connectivity index (χ4n) is 2.91. The molecule has 0 saturated heterocycles. The van der Waals surface area contributed by atoms with Crippen LogP contribution in [0.2, 0.25) is 0 Å². The summed E-state index contributed by atoms with van der Waals surface area (Å²) in [5.41, 5.74) is 11.6. The summed E-state index contributed by atoms with van der Waals surface area (Å²) in [6.45, 7) is 19.7. The molecule has 2 rings (SSSR count). The Labute approximate surface area is 140 Å². The summed E-state index contributed by atoms with van der Waals surface area (Å²) in [7, 11) is 0. The normalized spacial score (nSPS) is 11.4. The summed E-state index contributed by atoms with van der Waals surface area (Å²) in [6, 6.07) is 6.66. The van der Waals surface area contributed by atoms with Crippen molar-refractivity contribution in [2.75, 3.05) is 0 Å². The molecule has 0 aliphatic carbocycles. The van der Waals surface area contributed by atoms with Crippen molar-refractivity contribution in [1.29, 1.82) is 0 Å². The number of nitrogens with zero attached hydrogens (tertiary/aromatic N) is 2. The van der Waals surface area contributed by atoms with Crippen LogP contribution < -0.4 is 0 Å². The van der Waals surface area contributed by atoms with Crippen molar-refractivity contribution in [2.24, 2.45) is 0 Å². The van der Waals surface area contributed by atoms with E-state index in [-0.39, 0.29) is 5.41 Å². The van der Waals surface area contributed by atoms with Crippen molar-refractivity contribution in [3.63, 3.8) is 0 Å². The van der Waals surface area contributed by atoms with Crippen LogP contribution in [0, 0.1) is 20.8 Å². The molecule has 0 N–H and O–H groups in total. The first kappa shape index (κ1) is 17.3. The van der Waals surface area contributed by atoms with Crippen molar-refractivity contribution < 1.29 is 0 Å². The third-order valence-corrected chi connectivity index (χ3v) is 4.35. The molecule has 23 heavy (non-hydrogen) atoms. The molecule has 1 aromatic heterocycles. The summed E-state index contributed by atoms with van der Waals surface area (Å²) < 4.78 is 2.10. The van der Waals surface area contributed by atoms with E-state index in [1.807, 2.05) is 6.92 Å². The van der Waals surface area contributed by atoms with Gasteiger partial charge in [-0.25, -0.2) is 0 Å². The van der Waals surface area contributed by atoms with Gasteiger partial charge >= 0.3 is 0 Å². The number of aromatic nitrogens is 2. The van der Waals surface area contributed by atoms with Crippen molar-refractivity contribution in [3.05, 3.63) is 64.2 Å². The number of allylic oxidation sites excluding steroid dienone is 1. The van der Waals surface area contributed by atoms with Gasteiger partial charge in [0.2, 0.25) is 0 Å². The van der Waals surface area contributed by atoms with Gasteiger partial charge in [-0.1, -0.05) is 45.0 Å². The highest BCUT2D eigenvalue weighted by Crippen LogP contribution is 2.26. The van der Waals surface area contributed by atoms with Crippen molar-refractivity contribution >= 4 is 5.57 Å². The molecule has 0 fully saturated rings. The molecule has 0 aliphatic rings. The average molecular weight is 308 g/mol. The predicted molar refractivity (Wildman–Crippen MR) is 98.9 cm³/mol. The van der Waals surface area contributed by atoms with Crippen LogP contribution >= 0.6 is 0 Å². The third kappa shape index (κ3) is 3.65. The SMILES string of the molecule is C=C=C(C)c1cc(C(C)(C)C)nn1Cc1c(C)cc(C)cc1C. The lowest BCUT2D eigenvalue weighted by Gasteiger charge is -2.15. The molecule has 0 aliphatic heterocycles. The number of hydrogen-bond donors (Lipinski definition) is 0. The summed E-state index contributed by atoms with van der Waals surface area (Å²) in [6.07, 6.45) is 0. The number of aryl methyl sites for hydroxylation is 3. The maximum Gasteiger partial charge on any atom is 0.0722 e. The van der Waals surface area contributed by atoms with Crippen LogP contribution in [0.5, 0.6) is 0 Å². The lowest BCUT2D eigenvalue weighted by atomic mass is 9.92. The molecule has 1 heterocycles. The smallest absolute Gasteiger partial charge is 0.0722 e. The number of rotatable bonds is 3. The van der Waals surface area contributed by atoms with Crippen molar-refractivity contribution in [2.45, 2.75) is 60.4 Å². The Morgan fingerprint density at radius 2 is 1.70 bits per heavy atom. The van der Waals surface area contributed by atoms with Crippen LogP contribution in [0.1, 0.15) is 61.3 Å². The van der Waals surface area contributed by atoms with Gasteiger partial charge in [0.05, 0.1) is 17.9 Å². The number of benzene rings is 1. The highest BCUT2D eigenvalue weighted by molar-refractivity contribution is 5.60. The van der Waals surface area contributed by atoms with Crippen LogP contribution in [-0.4, -0.2) is 9.78 Å². The van der Waals surface area contributed by atoms with Gasteiger partial charge in [0.25, 0.3) is 0 Å². The molecule has 0 amide bonds.